The molecule has 3 aliphatic heterocycles. The number of halogens is 2. The van der Waals surface area contributed by atoms with Gasteiger partial charge < -0.3 is 9.47 Å². The summed E-state index contributed by atoms with van der Waals surface area (Å²) in [6, 6.07) is 14.5. The van der Waals surface area contributed by atoms with Crippen molar-refractivity contribution in [1.29, 1.82) is 0 Å². The SMILES string of the molecule is O=C(OC(c1ccc(Cl)cc1)c1ccc(Cl)cc1)O[C@H]1CN2CCC1CC2. The van der Waals surface area contributed by atoms with Crippen molar-refractivity contribution < 1.29 is 14.3 Å². The van der Waals surface area contributed by atoms with Gasteiger partial charge in [-0.1, -0.05) is 47.5 Å². The van der Waals surface area contributed by atoms with Crippen LogP contribution in [0.5, 0.6) is 0 Å². The Labute approximate surface area is 169 Å². The molecular weight excluding hydrogens is 385 g/mol. The Kier molecular flexibility index (Phi) is 5.58. The predicted octanol–water partition coefficient (Wildman–Crippen LogP) is 5.33. The standard InChI is InChI=1S/C21H21Cl2NO3/c22-17-5-1-15(2-6-17)20(16-3-7-18(23)8-4-16)27-21(25)26-19-13-24-11-9-14(19)10-12-24/h1-8,14,19-20H,9-13H2/t19-/m0/s1. The van der Waals surface area contributed by atoms with Crippen LogP contribution in [0.2, 0.25) is 10.0 Å². The lowest BCUT2D eigenvalue weighted by atomic mass is 9.86. The van der Waals surface area contributed by atoms with E-state index in [0.717, 1.165) is 43.6 Å². The van der Waals surface area contributed by atoms with Crippen molar-refractivity contribution in [3.63, 3.8) is 0 Å². The van der Waals surface area contributed by atoms with Crippen molar-refractivity contribution in [3.05, 3.63) is 69.7 Å². The fraction of sp³-hybridized carbons (Fsp3) is 0.381. The Hall–Kier alpha value is -1.75. The molecule has 0 saturated carbocycles. The third-order valence-electron chi connectivity index (χ3n) is 5.40. The molecule has 2 bridgehead atoms. The van der Waals surface area contributed by atoms with Gasteiger partial charge in [-0.2, -0.15) is 0 Å². The highest BCUT2D eigenvalue weighted by atomic mass is 35.5. The molecule has 27 heavy (non-hydrogen) atoms. The zero-order chi connectivity index (χ0) is 18.8. The molecule has 0 aliphatic carbocycles. The van der Waals surface area contributed by atoms with Crippen molar-refractivity contribution >= 4 is 29.4 Å². The van der Waals surface area contributed by atoms with Gasteiger partial charge in [0.15, 0.2) is 6.10 Å². The lowest BCUT2D eigenvalue weighted by Gasteiger charge is -2.43. The summed E-state index contributed by atoms with van der Waals surface area (Å²) >= 11 is 12.0. The number of carbonyl (C=O) groups is 1. The van der Waals surface area contributed by atoms with Gasteiger partial charge in [0.25, 0.3) is 0 Å². The van der Waals surface area contributed by atoms with Crippen LogP contribution >= 0.6 is 23.2 Å². The molecule has 142 valence electrons. The molecule has 6 heteroatoms. The maximum absolute atomic E-state index is 12.6. The molecule has 2 aromatic rings. The molecule has 0 aromatic heterocycles. The summed E-state index contributed by atoms with van der Waals surface area (Å²) in [4.78, 5) is 14.9. The van der Waals surface area contributed by atoms with Crippen LogP contribution in [0, 0.1) is 5.92 Å². The summed E-state index contributed by atoms with van der Waals surface area (Å²) in [5.74, 6) is 0.437. The van der Waals surface area contributed by atoms with E-state index in [1.807, 2.05) is 24.3 Å². The summed E-state index contributed by atoms with van der Waals surface area (Å²) in [5.41, 5.74) is 1.65. The third kappa shape index (κ3) is 4.40. The van der Waals surface area contributed by atoms with Gasteiger partial charge in [-0.25, -0.2) is 4.79 Å². The Morgan fingerprint density at radius 2 is 1.44 bits per heavy atom. The highest BCUT2D eigenvalue weighted by Crippen LogP contribution is 2.32. The molecule has 3 heterocycles. The van der Waals surface area contributed by atoms with Crippen LogP contribution in [0.4, 0.5) is 4.79 Å². The van der Waals surface area contributed by atoms with Gasteiger partial charge in [-0.15, -0.1) is 0 Å². The van der Waals surface area contributed by atoms with Crippen LogP contribution in [-0.2, 0) is 9.47 Å². The molecule has 2 aromatic carbocycles. The Morgan fingerprint density at radius 3 is 1.89 bits per heavy atom. The van der Waals surface area contributed by atoms with E-state index < -0.39 is 12.3 Å². The fourth-order valence-corrected chi connectivity index (χ4v) is 4.15. The first-order chi connectivity index (χ1) is 13.1. The number of carbonyl (C=O) groups excluding carboxylic acids is 1. The molecule has 3 saturated heterocycles. The second kappa shape index (κ2) is 8.09. The quantitative estimate of drug-likeness (QED) is 0.644. The molecule has 1 atom stereocenters. The normalized spacial score (nSPS) is 24.0. The minimum atomic E-state index is -0.636. The van der Waals surface area contributed by atoms with E-state index in [-0.39, 0.29) is 6.10 Å². The van der Waals surface area contributed by atoms with Crippen LogP contribution in [0.3, 0.4) is 0 Å². The van der Waals surface area contributed by atoms with Crippen molar-refractivity contribution in [2.24, 2.45) is 5.92 Å². The van der Waals surface area contributed by atoms with Crippen molar-refractivity contribution in [1.82, 2.24) is 4.90 Å². The molecule has 0 unspecified atom stereocenters. The number of ether oxygens (including phenoxy) is 2. The maximum Gasteiger partial charge on any atom is 0.509 e. The third-order valence-corrected chi connectivity index (χ3v) is 5.91. The Balaban J connectivity index is 1.51. The van der Waals surface area contributed by atoms with E-state index in [4.69, 9.17) is 32.7 Å². The zero-order valence-corrected chi connectivity index (χ0v) is 16.3. The second-order valence-corrected chi connectivity index (χ2v) is 8.02. The second-order valence-electron chi connectivity index (χ2n) is 7.15. The van der Waals surface area contributed by atoms with E-state index in [1.165, 1.54) is 0 Å². The zero-order valence-electron chi connectivity index (χ0n) is 14.8. The summed E-state index contributed by atoms with van der Waals surface area (Å²) < 4.78 is 11.4. The summed E-state index contributed by atoms with van der Waals surface area (Å²) in [7, 11) is 0. The number of nitrogens with zero attached hydrogens (tertiary/aromatic N) is 1. The van der Waals surface area contributed by atoms with Crippen LogP contribution < -0.4 is 0 Å². The smallest absolute Gasteiger partial charge is 0.429 e. The first kappa shape index (κ1) is 18.6. The number of hydrogen-bond acceptors (Lipinski definition) is 4. The van der Waals surface area contributed by atoms with E-state index >= 15 is 0 Å². The van der Waals surface area contributed by atoms with Gasteiger partial charge in [0, 0.05) is 16.6 Å². The minimum absolute atomic E-state index is 0.0870. The number of hydrogen-bond donors (Lipinski definition) is 0. The van der Waals surface area contributed by atoms with Crippen LogP contribution in [0.25, 0.3) is 0 Å². The largest absolute Gasteiger partial charge is 0.509 e. The molecule has 3 aliphatic rings. The Bertz CT molecular complexity index is 741. The highest BCUT2D eigenvalue weighted by molar-refractivity contribution is 6.30. The van der Waals surface area contributed by atoms with Gasteiger partial charge in [0.2, 0.25) is 0 Å². The number of rotatable bonds is 4. The van der Waals surface area contributed by atoms with Gasteiger partial charge >= 0.3 is 6.16 Å². The van der Waals surface area contributed by atoms with E-state index in [1.54, 1.807) is 24.3 Å². The van der Waals surface area contributed by atoms with Gasteiger partial charge in [0.1, 0.15) is 6.10 Å². The lowest BCUT2D eigenvalue weighted by Crippen LogP contribution is -2.52. The number of benzene rings is 2. The van der Waals surface area contributed by atoms with Crippen molar-refractivity contribution in [3.8, 4) is 0 Å². The first-order valence-corrected chi connectivity index (χ1v) is 9.94. The average molecular weight is 406 g/mol. The molecule has 0 N–H and O–H groups in total. The summed E-state index contributed by atoms with van der Waals surface area (Å²) in [6.07, 6.45) is 0.860. The van der Waals surface area contributed by atoms with Crippen molar-refractivity contribution in [2.75, 3.05) is 19.6 Å². The average Bonchev–Trinajstić information content (AvgIpc) is 2.69. The minimum Gasteiger partial charge on any atom is -0.429 e. The molecule has 4 nitrogen and oxygen atoms in total. The predicted molar refractivity (Wildman–Crippen MR) is 105 cm³/mol. The maximum atomic E-state index is 12.6. The lowest BCUT2D eigenvalue weighted by molar-refractivity contribution is -0.0642. The topological polar surface area (TPSA) is 38.8 Å². The van der Waals surface area contributed by atoms with Crippen molar-refractivity contribution in [2.45, 2.75) is 25.0 Å². The number of piperidine rings is 3. The first-order valence-electron chi connectivity index (χ1n) is 9.19. The molecular formula is C21H21Cl2NO3. The Morgan fingerprint density at radius 1 is 0.926 bits per heavy atom. The summed E-state index contributed by atoms with van der Waals surface area (Å²) in [5, 5.41) is 1.26. The molecule has 0 amide bonds. The highest BCUT2D eigenvalue weighted by Gasteiger charge is 2.37. The van der Waals surface area contributed by atoms with Crippen LogP contribution in [0.15, 0.2) is 48.5 Å². The van der Waals surface area contributed by atoms with Crippen LogP contribution in [0.1, 0.15) is 30.1 Å². The summed E-state index contributed by atoms with van der Waals surface area (Å²) in [6.45, 7) is 2.99. The number of fused-ring (bicyclic) bond motifs is 3. The van der Waals surface area contributed by atoms with Gasteiger partial charge in [-0.05, 0) is 67.2 Å². The molecule has 0 spiro atoms. The van der Waals surface area contributed by atoms with E-state index in [9.17, 15) is 4.79 Å². The van der Waals surface area contributed by atoms with Gasteiger partial charge in [-0.3, -0.25) is 4.90 Å². The molecule has 5 rings (SSSR count). The monoisotopic (exact) mass is 405 g/mol. The molecule has 3 fully saturated rings. The van der Waals surface area contributed by atoms with Crippen LogP contribution in [-0.4, -0.2) is 36.8 Å². The fourth-order valence-electron chi connectivity index (χ4n) is 3.90. The van der Waals surface area contributed by atoms with E-state index in [0.29, 0.717) is 16.0 Å². The molecule has 0 radical (unpaired) electrons. The van der Waals surface area contributed by atoms with Gasteiger partial charge in [0.05, 0.1) is 0 Å². The van der Waals surface area contributed by atoms with E-state index in [2.05, 4.69) is 4.90 Å².